The first-order valence-electron chi connectivity index (χ1n) is 9.69. The SMILES string of the molecule is Cc1ccccc1NC(=O)COC(=O)c1ccccc1CSc1nc2ccccc2o1. The lowest BCUT2D eigenvalue weighted by Gasteiger charge is -2.10. The molecule has 0 unspecified atom stereocenters. The first-order chi connectivity index (χ1) is 15.1. The van der Waals surface area contributed by atoms with Crippen LogP contribution in [0.1, 0.15) is 21.5 Å². The Bertz CT molecular complexity index is 1200. The molecule has 0 aliphatic rings. The van der Waals surface area contributed by atoms with Crippen LogP contribution in [0.3, 0.4) is 0 Å². The van der Waals surface area contributed by atoms with E-state index in [1.165, 1.54) is 11.8 Å². The summed E-state index contributed by atoms with van der Waals surface area (Å²) in [4.78, 5) is 29.2. The Morgan fingerprint density at radius 2 is 1.74 bits per heavy atom. The molecule has 156 valence electrons. The summed E-state index contributed by atoms with van der Waals surface area (Å²) in [5.74, 6) is -0.456. The van der Waals surface area contributed by atoms with E-state index in [0.717, 1.165) is 22.2 Å². The molecule has 1 amide bonds. The van der Waals surface area contributed by atoms with Crippen molar-refractivity contribution in [3.63, 3.8) is 0 Å². The third kappa shape index (κ3) is 5.13. The van der Waals surface area contributed by atoms with Gasteiger partial charge in [0.05, 0.1) is 5.56 Å². The second kappa shape index (κ2) is 9.49. The predicted molar refractivity (Wildman–Crippen MR) is 120 cm³/mol. The number of nitrogens with one attached hydrogen (secondary N) is 1. The van der Waals surface area contributed by atoms with E-state index in [9.17, 15) is 9.59 Å². The van der Waals surface area contributed by atoms with Crippen LogP contribution >= 0.6 is 11.8 Å². The fourth-order valence-corrected chi connectivity index (χ4v) is 3.85. The summed E-state index contributed by atoms with van der Waals surface area (Å²) >= 11 is 1.39. The van der Waals surface area contributed by atoms with Crippen LogP contribution in [0.25, 0.3) is 11.1 Å². The zero-order chi connectivity index (χ0) is 21.6. The fourth-order valence-electron chi connectivity index (χ4n) is 3.01. The first kappa shape index (κ1) is 20.7. The minimum Gasteiger partial charge on any atom is -0.452 e. The summed E-state index contributed by atoms with van der Waals surface area (Å²) in [7, 11) is 0. The molecule has 0 bridgehead atoms. The molecule has 31 heavy (non-hydrogen) atoms. The topological polar surface area (TPSA) is 81.4 Å². The highest BCUT2D eigenvalue weighted by Gasteiger charge is 2.16. The molecule has 0 saturated heterocycles. The number of oxazole rings is 1. The Balaban J connectivity index is 1.37. The van der Waals surface area contributed by atoms with Gasteiger partial charge in [-0.3, -0.25) is 4.79 Å². The lowest BCUT2D eigenvalue weighted by molar-refractivity contribution is -0.119. The van der Waals surface area contributed by atoms with Crippen molar-refractivity contribution < 1.29 is 18.7 Å². The van der Waals surface area contributed by atoms with Crippen LogP contribution in [0.15, 0.2) is 82.4 Å². The van der Waals surface area contributed by atoms with Crippen LogP contribution in [-0.2, 0) is 15.3 Å². The first-order valence-corrected chi connectivity index (χ1v) is 10.7. The van der Waals surface area contributed by atoms with Crippen LogP contribution in [0, 0.1) is 6.92 Å². The normalized spacial score (nSPS) is 10.7. The van der Waals surface area contributed by atoms with Crippen LogP contribution in [-0.4, -0.2) is 23.5 Å². The summed E-state index contributed by atoms with van der Waals surface area (Å²) in [6.07, 6.45) is 0. The van der Waals surface area contributed by atoms with E-state index in [0.29, 0.717) is 22.2 Å². The number of aryl methyl sites for hydroxylation is 1. The monoisotopic (exact) mass is 432 g/mol. The Hall–Kier alpha value is -3.58. The van der Waals surface area contributed by atoms with Gasteiger partial charge in [0.1, 0.15) is 5.52 Å². The van der Waals surface area contributed by atoms with Gasteiger partial charge in [-0.15, -0.1) is 0 Å². The van der Waals surface area contributed by atoms with Crippen LogP contribution < -0.4 is 5.32 Å². The minimum absolute atomic E-state index is 0.361. The van der Waals surface area contributed by atoms with E-state index in [1.807, 2.05) is 61.5 Å². The number of carbonyl (C=O) groups is 2. The smallest absolute Gasteiger partial charge is 0.338 e. The molecular weight excluding hydrogens is 412 g/mol. The predicted octanol–water partition coefficient (Wildman–Crippen LogP) is 5.22. The molecule has 0 aliphatic carbocycles. The second-order valence-corrected chi connectivity index (χ2v) is 7.76. The zero-order valence-electron chi connectivity index (χ0n) is 16.8. The van der Waals surface area contributed by atoms with Gasteiger partial charge in [-0.2, -0.15) is 0 Å². The van der Waals surface area contributed by atoms with Gasteiger partial charge in [0.15, 0.2) is 12.2 Å². The number of anilines is 1. The van der Waals surface area contributed by atoms with Crippen molar-refractivity contribution in [1.29, 1.82) is 0 Å². The molecule has 1 N–H and O–H groups in total. The van der Waals surface area contributed by atoms with Crippen molar-refractivity contribution in [2.45, 2.75) is 17.9 Å². The Morgan fingerprint density at radius 1 is 1.00 bits per heavy atom. The molecule has 1 heterocycles. The maximum Gasteiger partial charge on any atom is 0.338 e. The van der Waals surface area contributed by atoms with Gasteiger partial charge in [0.25, 0.3) is 11.1 Å². The lowest BCUT2D eigenvalue weighted by Crippen LogP contribution is -2.21. The van der Waals surface area contributed by atoms with E-state index in [-0.39, 0.29) is 12.5 Å². The highest BCUT2D eigenvalue weighted by molar-refractivity contribution is 7.98. The Labute approximate surface area is 183 Å². The maximum atomic E-state index is 12.6. The molecule has 1 aromatic heterocycles. The van der Waals surface area contributed by atoms with Crippen molar-refractivity contribution in [2.24, 2.45) is 0 Å². The van der Waals surface area contributed by atoms with Gasteiger partial charge >= 0.3 is 5.97 Å². The third-order valence-electron chi connectivity index (χ3n) is 4.62. The van der Waals surface area contributed by atoms with E-state index in [1.54, 1.807) is 18.2 Å². The number of ether oxygens (including phenoxy) is 1. The maximum absolute atomic E-state index is 12.6. The minimum atomic E-state index is -0.548. The number of thioether (sulfide) groups is 1. The average molecular weight is 433 g/mol. The Kier molecular flexibility index (Phi) is 6.33. The molecule has 0 saturated carbocycles. The van der Waals surface area contributed by atoms with Crippen molar-refractivity contribution in [3.8, 4) is 0 Å². The van der Waals surface area contributed by atoms with E-state index >= 15 is 0 Å². The summed E-state index contributed by atoms with van der Waals surface area (Å²) in [5.41, 5.74) is 4.33. The second-order valence-electron chi connectivity index (χ2n) is 6.83. The number of para-hydroxylation sites is 3. The summed E-state index contributed by atoms with van der Waals surface area (Å²) < 4.78 is 11.0. The molecule has 6 nitrogen and oxygen atoms in total. The third-order valence-corrected chi connectivity index (χ3v) is 5.49. The quantitative estimate of drug-likeness (QED) is 0.318. The van der Waals surface area contributed by atoms with Gasteiger partial charge in [-0.25, -0.2) is 9.78 Å². The summed E-state index contributed by atoms with van der Waals surface area (Å²) in [6, 6.07) is 22.1. The number of fused-ring (bicyclic) bond motifs is 1. The van der Waals surface area contributed by atoms with E-state index in [4.69, 9.17) is 9.15 Å². The number of benzene rings is 3. The number of hydrogen-bond acceptors (Lipinski definition) is 6. The van der Waals surface area contributed by atoms with Crippen LogP contribution in [0.2, 0.25) is 0 Å². The van der Waals surface area contributed by atoms with Crippen LogP contribution in [0.4, 0.5) is 5.69 Å². The van der Waals surface area contributed by atoms with Gasteiger partial charge in [0.2, 0.25) is 0 Å². The molecule has 0 aliphatic heterocycles. The molecule has 3 aromatic carbocycles. The van der Waals surface area contributed by atoms with Crippen molar-refractivity contribution in [2.75, 3.05) is 11.9 Å². The van der Waals surface area contributed by atoms with Crippen molar-refractivity contribution in [1.82, 2.24) is 4.98 Å². The molecular formula is C24H20N2O4S. The number of carbonyl (C=O) groups excluding carboxylic acids is 2. The van der Waals surface area contributed by atoms with Gasteiger partial charge < -0.3 is 14.5 Å². The molecule has 0 atom stereocenters. The standard InChI is InChI=1S/C24H20N2O4S/c1-16-8-2-5-11-19(16)25-22(27)14-29-23(28)18-10-4-3-9-17(18)15-31-24-26-20-12-6-7-13-21(20)30-24/h2-13H,14-15H2,1H3,(H,25,27). The molecule has 0 spiro atoms. The average Bonchev–Trinajstić information content (AvgIpc) is 3.21. The van der Waals surface area contributed by atoms with Crippen molar-refractivity contribution >= 4 is 40.4 Å². The number of aromatic nitrogens is 1. The number of esters is 1. The summed E-state index contributed by atoms with van der Waals surface area (Å²) in [5, 5.41) is 3.28. The molecule has 4 rings (SSSR count). The van der Waals surface area contributed by atoms with Gasteiger partial charge in [-0.05, 0) is 42.3 Å². The Morgan fingerprint density at radius 3 is 2.58 bits per heavy atom. The number of rotatable bonds is 7. The summed E-state index contributed by atoms with van der Waals surface area (Å²) in [6.45, 7) is 1.53. The van der Waals surface area contributed by atoms with E-state index < -0.39 is 5.97 Å². The molecule has 7 heteroatoms. The number of amides is 1. The van der Waals surface area contributed by atoms with Crippen molar-refractivity contribution in [3.05, 3.63) is 89.5 Å². The highest BCUT2D eigenvalue weighted by atomic mass is 32.2. The molecule has 0 radical (unpaired) electrons. The zero-order valence-corrected chi connectivity index (χ0v) is 17.6. The van der Waals surface area contributed by atoms with E-state index in [2.05, 4.69) is 10.3 Å². The highest BCUT2D eigenvalue weighted by Crippen LogP contribution is 2.27. The van der Waals surface area contributed by atoms with Gasteiger partial charge in [-0.1, -0.05) is 60.3 Å². The lowest BCUT2D eigenvalue weighted by atomic mass is 10.1. The number of nitrogens with zero attached hydrogens (tertiary/aromatic N) is 1. The number of hydrogen-bond donors (Lipinski definition) is 1. The largest absolute Gasteiger partial charge is 0.452 e. The molecule has 0 fully saturated rings. The van der Waals surface area contributed by atoms with Crippen LogP contribution in [0.5, 0.6) is 0 Å². The van der Waals surface area contributed by atoms with Gasteiger partial charge in [0, 0.05) is 11.4 Å². The fraction of sp³-hybridized carbons (Fsp3) is 0.125. The molecule has 4 aromatic rings.